The Balaban J connectivity index is 1.37. The molecular formula is C25H26N6O. The van der Waals surface area contributed by atoms with Crippen LogP contribution in [0.1, 0.15) is 24.0 Å². The summed E-state index contributed by atoms with van der Waals surface area (Å²) in [6, 6.07) is 20.7. The first-order chi connectivity index (χ1) is 15.7. The maximum Gasteiger partial charge on any atom is 0.222 e. The SMILES string of the molecule is CNc1ccccc1CNc1ccc(-c2ccc(CN3CCCC3=O)cc2)c2nncn12. The Morgan fingerprint density at radius 1 is 1.03 bits per heavy atom. The van der Waals surface area contributed by atoms with Crippen LogP contribution in [0.15, 0.2) is 67.0 Å². The summed E-state index contributed by atoms with van der Waals surface area (Å²) in [5, 5.41) is 15.2. The van der Waals surface area contributed by atoms with E-state index in [9.17, 15) is 4.79 Å². The van der Waals surface area contributed by atoms with Gasteiger partial charge in [0.2, 0.25) is 5.91 Å². The molecule has 0 radical (unpaired) electrons. The third kappa shape index (κ3) is 3.89. The van der Waals surface area contributed by atoms with Crippen molar-refractivity contribution in [3.05, 3.63) is 78.1 Å². The molecule has 0 spiro atoms. The van der Waals surface area contributed by atoms with E-state index < -0.39 is 0 Å². The van der Waals surface area contributed by atoms with E-state index in [0.717, 1.165) is 46.8 Å². The molecule has 0 saturated carbocycles. The number of hydrogen-bond acceptors (Lipinski definition) is 5. The minimum absolute atomic E-state index is 0.250. The predicted octanol–water partition coefficient (Wildman–Crippen LogP) is 4.17. The van der Waals surface area contributed by atoms with Gasteiger partial charge in [-0.1, -0.05) is 42.5 Å². The van der Waals surface area contributed by atoms with Gasteiger partial charge in [0.15, 0.2) is 5.65 Å². The molecule has 32 heavy (non-hydrogen) atoms. The zero-order valence-corrected chi connectivity index (χ0v) is 18.1. The lowest BCUT2D eigenvalue weighted by atomic mass is 10.0. The van der Waals surface area contributed by atoms with E-state index in [1.165, 1.54) is 5.56 Å². The maximum absolute atomic E-state index is 11.9. The highest BCUT2D eigenvalue weighted by Gasteiger charge is 2.20. The number of carbonyl (C=O) groups is 1. The number of anilines is 2. The molecule has 0 bridgehead atoms. The third-order valence-corrected chi connectivity index (χ3v) is 6.01. The normalized spacial score (nSPS) is 13.7. The molecule has 0 atom stereocenters. The van der Waals surface area contributed by atoms with E-state index in [-0.39, 0.29) is 5.91 Å². The summed E-state index contributed by atoms with van der Waals surface area (Å²) < 4.78 is 1.98. The van der Waals surface area contributed by atoms with Crippen molar-refractivity contribution in [1.82, 2.24) is 19.5 Å². The average Bonchev–Trinajstić information content (AvgIpc) is 3.48. The monoisotopic (exact) mass is 426 g/mol. The molecular weight excluding hydrogens is 400 g/mol. The minimum Gasteiger partial charge on any atom is -0.388 e. The molecule has 4 aromatic rings. The van der Waals surface area contributed by atoms with Gasteiger partial charge < -0.3 is 15.5 Å². The fraction of sp³-hybridized carbons (Fsp3) is 0.240. The van der Waals surface area contributed by atoms with E-state index in [4.69, 9.17) is 0 Å². The number of benzene rings is 2. The van der Waals surface area contributed by atoms with Crippen molar-refractivity contribution in [2.45, 2.75) is 25.9 Å². The van der Waals surface area contributed by atoms with Crippen LogP contribution in [0.5, 0.6) is 0 Å². The Morgan fingerprint density at radius 3 is 2.66 bits per heavy atom. The van der Waals surface area contributed by atoms with E-state index in [1.807, 2.05) is 28.5 Å². The smallest absolute Gasteiger partial charge is 0.222 e. The van der Waals surface area contributed by atoms with Crippen molar-refractivity contribution < 1.29 is 4.79 Å². The van der Waals surface area contributed by atoms with E-state index >= 15 is 0 Å². The van der Waals surface area contributed by atoms with Crippen molar-refractivity contribution in [3.63, 3.8) is 0 Å². The van der Waals surface area contributed by atoms with Gasteiger partial charge in [0.1, 0.15) is 12.1 Å². The van der Waals surface area contributed by atoms with Crippen LogP contribution in [0, 0.1) is 0 Å². The van der Waals surface area contributed by atoms with Crippen LogP contribution >= 0.6 is 0 Å². The lowest BCUT2D eigenvalue weighted by molar-refractivity contribution is -0.128. The highest BCUT2D eigenvalue weighted by Crippen LogP contribution is 2.27. The van der Waals surface area contributed by atoms with Crippen LogP contribution in [0.25, 0.3) is 16.8 Å². The number of rotatable bonds is 7. The van der Waals surface area contributed by atoms with Crippen molar-refractivity contribution in [3.8, 4) is 11.1 Å². The Hall–Kier alpha value is -3.87. The number of fused-ring (bicyclic) bond motifs is 1. The van der Waals surface area contributed by atoms with Gasteiger partial charge in [0.25, 0.3) is 0 Å². The zero-order chi connectivity index (χ0) is 21.9. The number of likely N-dealkylation sites (tertiary alicyclic amines) is 1. The molecule has 7 nitrogen and oxygen atoms in total. The molecule has 1 amide bonds. The lowest BCUT2D eigenvalue weighted by Crippen LogP contribution is -2.23. The fourth-order valence-electron chi connectivity index (χ4n) is 4.27. The zero-order valence-electron chi connectivity index (χ0n) is 18.1. The minimum atomic E-state index is 0.250. The van der Waals surface area contributed by atoms with Crippen molar-refractivity contribution in [1.29, 1.82) is 0 Å². The Kier molecular flexibility index (Phi) is 5.46. The first-order valence-electron chi connectivity index (χ1n) is 10.9. The van der Waals surface area contributed by atoms with Gasteiger partial charge in [0, 0.05) is 44.4 Å². The molecule has 1 aliphatic heterocycles. The lowest BCUT2D eigenvalue weighted by Gasteiger charge is -2.16. The highest BCUT2D eigenvalue weighted by molar-refractivity contribution is 5.80. The molecule has 2 aromatic carbocycles. The second-order valence-electron chi connectivity index (χ2n) is 8.03. The van der Waals surface area contributed by atoms with Crippen molar-refractivity contribution >= 4 is 23.1 Å². The Labute approximate surface area is 187 Å². The Bertz CT molecular complexity index is 1250. The van der Waals surface area contributed by atoms with Crippen molar-refractivity contribution in [2.75, 3.05) is 24.2 Å². The second kappa shape index (κ2) is 8.70. The van der Waals surface area contributed by atoms with Crippen LogP contribution in [-0.2, 0) is 17.9 Å². The van der Waals surface area contributed by atoms with E-state index in [2.05, 4.69) is 69.4 Å². The molecule has 0 unspecified atom stereocenters. The Morgan fingerprint density at radius 2 is 1.88 bits per heavy atom. The number of nitrogens with zero attached hydrogens (tertiary/aromatic N) is 4. The molecule has 5 rings (SSSR count). The van der Waals surface area contributed by atoms with Gasteiger partial charge in [-0.25, -0.2) is 0 Å². The molecule has 162 valence electrons. The maximum atomic E-state index is 11.9. The molecule has 2 aromatic heterocycles. The number of nitrogens with one attached hydrogen (secondary N) is 2. The van der Waals surface area contributed by atoms with Gasteiger partial charge in [-0.3, -0.25) is 9.20 Å². The highest BCUT2D eigenvalue weighted by atomic mass is 16.2. The third-order valence-electron chi connectivity index (χ3n) is 6.01. The van der Waals surface area contributed by atoms with Gasteiger partial charge in [0.05, 0.1) is 0 Å². The summed E-state index contributed by atoms with van der Waals surface area (Å²) in [4.78, 5) is 13.8. The number of hydrogen-bond donors (Lipinski definition) is 2. The summed E-state index contributed by atoms with van der Waals surface area (Å²) >= 11 is 0. The topological polar surface area (TPSA) is 74.6 Å². The molecule has 0 aliphatic carbocycles. The summed E-state index contributed by atoms with van der Waals surface area (Å²) in [5.41, 5.74) is 6.33. The standard InChI is InChI=1S/C25H26N6O/c1-26-22-6-3-2-5-20(22)15-27-23-13-12-21(25-29-28-17-31(23)25)19-10-8-18(9-11-19)16-30-14-4-7-24(30)32/h2-3,5-6,8-13,17,26-27H,4,7,14-16H2,1H3. The number of aromatic nitrogens is 3. The van der Waals surface area contributed by atoms with Gasteiger partial charge in [-0.2, -0.15) is 0 Å². The quantitative estimate of drug-likeness (QED) is 0.464. The predicted molar refractivity (Wildman–Crippen MR) is 126 cm³/mol. The number of carbonyl (C=O) groups excluding carboxylic acids is 1. The van der Waals surface area contributed by atoms with Crippen molar-refractivity contribution in [2.24, 2.45) is 0 Å². The second-order valence-corrected chi connectivity index (χ2v) is 8.03. The number of pyridine rings is 1. The van der Waals surface area contributed by atoms with E-state index in [1.54, 1.807) is 6.33 Å². The molecule has 3 heterocycles. The molecule has 7 heteroatoms. The summed E-state index contributed by atoms with van der Waals surface area (Å²) in [6.07, 6.45) is 3.37. The van der Waals surface area contributed by atoms with Gasteiger partial charge >= 0.3 is 0 Å². The van der Waals surface area contributed by atoms with Crippen LogP contribution in [0.3, 0.4) is 0 Å². The first-order valence-corrected chi connectivity index (χ1v) is 10.9. The number of amides is 1. The van der Waals surface area contributed by atoms with Crippen LogP contribution in [0.2, 0.25) is 0 Å². The number of para-hydroxylation sites is 1. The molecule has 1 fully saturated rings. The van der Waals surface area contributed by atoms with Crippen LogP contribution in [0.4, 0.5) is 11.5 Å². The molecule has 2 N–H and O–H groups in total. The fourth-order valence-corrected chi connectivity index (χ4v) is 4.27. The molecule has 1 aliphatic rings. The summed E-state index contributed by atoms with van der Waals surface area (Å²) in [5.74, 6) is 1.18. The molecule has 1 saturated heterocycles. The van der Waals surface area contributed by atoms with E-state index in [0.29, 0.717) is 19.5 Å². The van der Waals surface area contributed by atoms with Gasteiger partial charge in [-0.15, -0.1) is 10.2 Å². The van der Waals surface area contributed by atoms with Gasteiger partial charge in [-0.05, 0) is 41.3 Å². The summed E-state index contributed by atoms with van der Waals surface area (Å²) in [7, 11) is 1.93. The largest absolute Gasteiger partial charge is 0.388 e. The van der Waals surface area contributed by atoms with Crippen LogP contribution < -0.4 is 10.6 Å². The first kappa shape index (κ1) is 20.1. The average molecular weight is 427 g/mol. The summed E-state index contributed by atoms with van der Waals surface area (Å²) in [6.45, 7) is 2.22. The van der Waals surface area contributed by atoms with Crippen LogP contribution in [-0.4, -0.2) is 39.0 Å².